The molecule has 1 rings (SSSR count). The highest BCUT2D eigenvalue weighted by atomic mass is 35.5. The zero-order chi connectivity index (χ0) is 16.0. The standard InChI is InChI=1S/C7H2Cl3F3N2O4S/c8-1-4(14)2(9)6(3(10)5(1)15(16)17)20(18,19)7(11,12)13/h14H2. The van der Waals surface area contributed by atoms with Crippen LogP contribution in [-0.4, -0.2) is 18.8 Å². The largest absolute Gasteiger partial charge is 0.502 e. The molecule has 20 heavy (non-hydrogen) atoms. The van der Waals surface area contributed by atoms with Gasteiger partial charge in [0, 0.05) is 0 Å². The lowest BCUT2D eigenvalue weighted by molar-refractivity contribution is -0.384. The number of nitro benzene ring substituents is 1. The number of nitrogens with zero attached hydrogens (tertiary/aromatic N) is 1. The molecule has 0 radical (unpaired) electrons. The van der Waals surface area contributed by atoms with Crippen molar-refractivity contribution in [2.45, 2.75) is 10.4 Å². The van der Waals surface area contributed by atoms with E-state index in [4.69, 9.17) is 40.5 Å². The first-order valence-corrected chi connectivity index (χ1v) is 6.87. The molecule has 0 bridgehead atoms. The Morgan fingerprint density at radius 3 is 1.90 bits per heavy atom. The second kappa shape index (κ2) is 5.10. The van der Waals surface area contributed by atoms with Crippen LogP contribution in [0.25, 0.3) is 0 Å². The van der Waals surface area contributed by atoms with Gasteiger partial charge < -0.3 is 5.73 Å². The fourth-order valence-electron chi connectivity index (χ4n) is 1.16. The van der Waals surface area contributed by atoms with Gasteiger partial charge in [0.15, 0.2) is 0 Å². The molecule has 1 aromatic carbocycles. The summed E-state index contributed by atoms with van der Waals surface area (Å²) in [5, 5.41) is 7.34. The molecular formula is C7H2Cl3F3N2O4S. The van der Waals surface area contributed by atoms with Crippen molar-refractivity contribution in [2.24, 2.45) is 0 Å². The highest BCUT2D eigenvalue weighted by Gasteiger charge is 2.51. The van der Waals surface area contributed by atoms with Crippen molar-refractivity contribution >= 4 is 56.0 Å². The lowest BCUT2D eigenvalue weighted by atomic mass is 10.3. The molecule has 0 fully saturated rings. The summed E-state index contributed by atoms with van der Waals surface area (Å²) in [4.78, 5) is 7.72. The maximum absolute atomic E-state index is 12.5. The number of anilines is 1. The molecule has 13 heteroatoms. The molecule has 0 saturated carbocycles. The number of rotatable bonds is 2. The van der Waals surface area contributed by atoms with Crippen LogP contribution in [0.2, 0.25) is 15.1 Å². The summed E-state index contributed by atoms with van der Waals surface area (Å²) >= 11 is 16.1. The van der Waals surface area contributed by atoms with Gasteiger partial charge in [0.05, 0.1) is 15.6 Å². The van der Waals surface area contributed by atoms with Crippen molar-refractivity contribution in [1.82, 2.24) is 0 Å². The van der Waals surface area contributed by atoms with Crippen molar-refractivity contribution in [3.8, 4) is 0 Å². The normalized spacial score (nSPS) is 12.5. The Hall–Kier alpha value is -0.970. The van der Waals surface area contributed by atoms with Gasteiger partial charge in [0.1, 0.15) is 14.9 Å². The lowest BCUT2D eigenvalue weighted by Gasteiger charge is -2.13. The van der Waals surface area contributed by atoms with E-state index < -0.39 is 51.6 Å². The van der Waals surface area contributed by atoms with E-state index in [1.54, 1.807) is 0 Å². The Labute approximate surface area is 124 Å². The fourth-order valence-corrected chi connectivity index (χ4v) is 3.53. The summed E-state index contributed by atoms with van der Waals surface area (Å²) in [5.41, 5.74) is -2.77. The Morgan fingerprint density at radius 1 is 1.10 bits per heavy atom. The number of benzene rings is 1. The Balaban J connectivity index is 3.98. The third-order valence-corrected chi connectivity index (χ3v) is 4.97. The zero-order valence-corrected chi connectivity index (χ0v) is 11.9. The minimum atomic E-state index is -6.04. The predicted molar refractivity (Wildman–Crippen MR) is 65.8 cm³/mol. The van der Waals surface area contributed by atoms with E-state index in [1.807, 2.05) is 0 Å². The molecule has 0 heterocycles. The first kappa shape index (κ1) is 17.1. The van der Waals surface area contributed by atoms with Crippen LogP contribution in [0.15, 0.2) is 4.90 Å². The number of hydrogen-bond acceptors (Lipinski definition) is 5. The summed E-state index contributed by atoms with van der Waals surface area (Å²) in [6, 6.07) is 0. The van der Waals surface area contributed by atoms with Gasteiger partial charge in [0.25, 0.3) is 9.84 Å². The monoisotopic (exact) mass is 372 g/mol. The van der Waals surface area contributed by atoms with Crippen LogP contribution in [-0.2, 0) is 9.84 Å². The molecule has 0 aliphatic heterocycles. The maximum atomic E-state index is 12.5. The summed E-state index contributed by atoms with van der Waals surface area (Å²) in [5.74, 6) is 0. The number of hydrogen-bond donors (Lipinski definition) is 1. The van der Waals surface area contributed by atoms with E-state index in [-0.39, 0.29) is 0 Å². The SMILES string of the molecule is Nc1c(Cl)c([N+](=O)[O-])c(Cl)c(S(=O)(=O)C(F)(F)F)c1Cl. The number of nitrogen functional groups attached to an aromatic ring is 1. The first-order chi connectivity index (χ1) is 8.84. The summed E-state index contributed by atoms with van der Waals surface area (Å²) in [6.45, 7) is 0. The molecule has 0 aliphatic carbocycles. The van der Waals surface area contributed by atoms with Gasteiger partial charge in [-0.2, -0.15) is 13.2 Å². The van der Waals surface area contributed by atoms with E-state index in [0.29, 0.717) is 0 Å². The number of alkyl halides is 3. The molecule has 0 saturated heterocycles. The zero-order valence-electron chi connectivity index (χ0n) is 8.83. The van der Waals surface area contributed by atoms with Gasteiger partial charge in [-0.05, 0) is 0 Å². The van der Waals surface area contributed by atoms with Gasteiger partial charge >= 0.3 is 11.2 Å². The molecule has 0 aliphatic rings. The average Bonchev–Trinajstić information content (AvgIpc) is 2.23. The highest BCUT2D eigenvalue weighted by molar-refractivity contribution is 7.92. The molecule has 112 valence electrons. The molecular weight excluding hydrogens is 372 g/mol. The van der Waals surface area contributed by atoms with E-state index in [2.05, 4.69) is 0 Å². The van der Waals surface area contributed by atoms with E-state index >= 15 is 0 Å². The van der Waals surface area contributed by atoms with Crippen molar-refractivity contribution in [2.75, 3.05) is 5.73 Å². The van der Waals surface area contributed by atoms with Crippen LogP contribution < -0.4 is 5.73 Å². The molecule has 1 aromatic rings. The van der Waals surface area contributed by atoms with Crippen molar-refractivity contribution in [3.63, 3.8) is 0 Å². The number of nitrogens with two attached hydrogens (primary N) is 1. The molecule has 0 spiro atoms. The van der Waals surface area contributed by atoms with E-state index in [0.717, 1.165) is 0 Å². The molecule has 0 unspecified atom stereocenters. The fraction of sp³-hybridized carbons (Fsp3) is 0.143. The first-order valence-electron chi connectivity index (χ1n) is 4.25. The van der Waals surface area contributed by atoms with Gasteiger partial charge in [-0.25, -0.2) is 8.42 Å². The third kappa shape index (κ3) is 2.48. The quantitative estimate of drug-likeness (QED) is 0.486. The number of nitro groups is 1. The van der Waals surface area contributed by atoms with Crippen molar-refractivity contribution in [3.05, 3.63) is 25.2 Å². The van der Waals surface area contributed by atoms with Crippen LogP contribution in [0.1, 0.15) is 0 Å². The summed E-state index contributed by atoms with van der Waals surface area (Å²) in [6.07, 6.45) is 0. The summed E-state index contributed by atoms with van der Waals surface area (Å²) in [7, 11) is -6.04. The van der Waals surface area contributed by atoms with Gasteiger partial charge in [-0.3, -0.25) is 10.1 Å². The highest BCUT2D eigenvalue weighted by Crippen LogP contribution is 2.49. The number of halogens is 6. The Kier molecular flexibility index (Phi) is 4.35. The van der Waals surface area contributed by atoms with Crippen LogP contribution in [0, 0.1) is 10.1 Å². The van der Waals surface area contributed by atoms with Gasteiger partial charge in [-0.1, -0.05) is 34.8 Å². The molecule has 0 amide bonds. The predicted octanol–water partition coefficient (Wildman–Crippen LogP) is 3.43. The minimum Gasteiger partial charge on any atom is -0.396 e. The van der Waals surface area contributed by atoms with Crippen LogP contribution in [0.5, 0.6) is 0 Å². The maximum Gasteiger partial charge on any atom is 0.502 e. The van der Waals surface area contributed by atoms with Crippen molar-refractivity contribution < 1.29 is 26.5 Å². The minimum absolute atomic E-state index is 0.855. The smallest absolute Gasteiger partial charge is 0.396 e. The van der Waals surface area contributed by atoms with Gasteiger partial charge in [-0.15, -0.1) is 0 Å². The van der Waals surface area contributed by atoms with Crippen molar-refractivity contribution in [1.29, 1.82) is 0 Å². The molecule has 2 N–H and O–H groups in total. The molecule has 0 aromatic heterocycles. The average molecular weight is 374 g/mol. The lowest BCUT2D eigenvalue weighted by Crippen LogP contribution is -2.24. The van der Waals surface area contributed by atoms with Crippen LogP contribution in [0.3, 0.4) is 0 Å². The van der Waals surface area contributed by atoms with E-state index in [1.165, 1.54) is 0 Å². The Morgan fingerprint density at radius 2 is 1.55 bits per heavy atom. The topological polar surface area (TPSA) is 103 Å². The van der Waals surface area contributed by atoms with Crippen LogP contribution in [0.4, 0.5) is 24.5 Å². The summed E-state index contributed by atoms with van der Waals surface area (Å²) < 4.78 is 60.1. The van der Waals surface area contributed by atoms with E-state index in [9.17, 15) is 31.7 Å². The molecule has 0 atom stereocenters. The second-order valence-electron chi connectivity index (χ2n) is 3.24. The Bertz CT molecular complexity index is 704. The van der Waals surface area contributed by atoms with Gasteiger partial charge in [0.2, 0.25) is 0 Å². The number of sulfone groups is 1. The third-order valence-electron chi connectivity index (χ3n) is 2.04. The molecule has 6 nitrogen and oxygen atoms in total. The second-order valence-corrected chi connectivity index (χ2v) is 6.25. The van der Waals surface area contributed by atoms with Crippen LogP contribution >= 0.6 is 34.8 Å².